The summed E-state index contributed by atoms with van der Waals surface area (Å²) in [7, 11) is 0. The van der Waals surface area contributed by atoms with Crippen molar-refractivity contribution in [2.45, 2.75) is 13.1 Å². The molecule has 0 saturated carbocycles. The van der Waals surface area contributed by atoms with Crippen molar-refractivity contribution in [1.82, 2.24) is 0 Å². The number of alkyl halides is 3. The van der Waals surface area contributed by atoms with Gasteiger partial charge in [0.1, 0.15) is 5.82 Å². The van der Waals surface area contributed by atoms with E-state index >= 15 is 0 Å². The number of hydrogen-bond acceptors (Lipinski definition) is 0. The van der Waals surface area contributed by atoms with E-state index in [4.69, 9.17) is 6.57 Å². The fraction of sp³-hybridized carbons (Fsp3) is 0.133. The quantitative estimate of drug-likeness (QED) is 0.488. The summed E-state index contributed by atoms with van der Waals surface area (Å²) >= 11 is 0. The van der Waals surface area contributed by atoms with Crippen LogP contribution in [0.1, 0.15) is 11.1 Å². The Balaban J connectivity index is 2.63. The fourth-order valence-electron chi connectivity index (χ4n) is 1.98. The van der Waals surface area contributed by atoms with Crippen LogP contribution in [0.3, 0.4) is 0 Å². The summed E-state index contributed by atoms with van der Waals surface area (Å²) in [4.78, 5) is 2.88. The van der Waals surface area contributed by atoms with Crippen molar-refractivity contribution in [2.24, 2.45) is 0 Å². The maximum absolute atomic E-state index is 13.0. The molecule has 0 N–H and O–H groups in total. The van der Waals surface area contributed by atoms with Gasteiger partial charge in [0.15, 0.2) is 5.69 Å². The van der Waals surface area contributed by atoms with Crippen LogP contribution in [0.2, 0.25) is 0 Å². The molecule has 0 spiro atoms. The second-order valence-electron chi connectivity index (χ2n) is 4.30. The zero-order valence-corrected chi connectivity index (χ0v) is 10.4. The predicted octanol–water partition coefficient (Wildman–Crippen LogP) is 5.37. The molecule has 0 atom stereocenters. The Kier molecular flexibility index (Phi) is 3.49. The van der Waals surface area contributed by atoms with Crippen molar-refractivity contribution in [3.8, 4) is 11.1 Å². The van der Waals surface area contributed by atoms with E-state index in [0.29, 0.717) is 16.7 Å². The van der Waals surface area contributed by atoms with Crippen LogP contribution in [-0.4, -0.2) is 0 Å². The predicted molar refractivity (Wildman–Crippen MR) is 67.8 cm³/mol. The molecule has 0 saturated heterocycles. The molecule has 0 radical (unpaired) electrons. The first-order chi connectivity index (χ1) is 9.32. The molecule has 0 amide bonds. The van der Waals surface area contributed by atoms with Gasteiger partial charge in [-0.15, -0.1) is 0 Å². The van der Waals surface area contributed by atoms with Gasteiger partial charge in [-0.2, -0.15) is 13.2 Å². The van der Waals surface area contributed by atoms with Gasteiger partial charge in [-0.1, -0.05) is 24.3 Å². The van der Waals surface area contributed by atoms with E-state index in [2.05, 4.69) is 4.85 Å². The summed E-state index contributed by atoms with van der Waals surface area (Å²) in [6, 6.07) is 7.37. The minimum atomic E-state index is -4.59. The number of hydrogen-bond donors (Lipinski definition) is 0. The highest BCUT2D eigenvalue weighted by atomic mass is 19.4. The molecule has 5 heteroatoms. The minimum absolute atomic E-state index is 0.308. The SMILES string of the molecule is [C-]#[N+]c1ccc(-c2ccc(F)cc2C)cc1C(F)(F)F. The molecule has 0 aromatic heterocycles. The van der Waals surface area contributed by atoms with Gasteiger partial charge in [-0.25, -0.2) is 9.24 Å². The Morgan fingerprint density at radius 2 is 1.75 bits per heavy atom. The lowest BCUT2D eigenvalue weighted by atomic mass is 9.98. The van der Waals surface area contributed by atoms with E-state index in [1.165, 1.54) is 24.3 Å². The Hall–Kier alpha value is -2.35. The molecular formula is C15H9F4N. The lowest BCUT2D eigenvalue weighted by molar-refractivity contribution is -0.136. The molecule has 0 aliphatic carbocycles. The number of halogens is 4. The van der Waals surface area contributed by atoms with Gasteiger partial charge in [-0.3, -0.25) is 0 Å². The molecule has 1 nitrogen and oxygen atoms in total. The van der Waals surface area contributed by atoms with Crippen LogP contribution in [-0.2, 0) is 6.18 Å². The molecule has 0 heterocycles. The number of rotatable bonds is 1. The second kappa shape index (κ2) is 4.97. The molecule has 20 heavy (non-hydrogen) atoms. The van der Waals surface area contributed by atoms with Crippen molar-refractivity contribution in [3.05, 3.63) is 64.8 Å². The van der Waals surface area contributed by atoms with Crippen LogP contribution in [0.15, 0.2) is 36.4 Å². The van der Waals surface area contributed by atoms with Gasteiger partial charge in [0, 0.05) is 0 Å². The summed E-state index contributed by atoms with van der Waals surface area (Å²) in [5.41, 5.74) is -0.0703. The lowest BCUT2D eigenvalue weighted by Crippen LogP contribution is -2.05. The van der Waals surface area contributed by atoms with Crippen molar-refractivity contribution in [2.75, 3.05) is 0 Å². The summed E-state index contributed by atoms with van der Waals surface area (Å²) in [6.07, 6.45) is -4.59. The molecule has 0 unspecified atom stereocenters. The zero-order chi connectivity index (χ0) is 14.9. The summed E-state index contributed by atoms with van der Waals surface area (Å²) in [5, 5.41) is 0. The van der Waals surface area contributed by atoms with Gasteiger partial charge < -0.3 is 0 Å². The summed E-state index contributed by atoms with van der Waals surface area (Å²) in [6.45, 7) is 8.40. The first-order valence-electron chi connectivity index (χ1n) is 5.68. The number of benzene rings is 2. The Morgan fingerprint density at radius 3 is 2.30 bits per heavy atom. The molecule has 0 aliphatic heterocycles. The third kappa shape index (κ3) is 2.64. The lowest BCUT2D eigenvalue weighted by Gasteiger charge is -2.12. The topological polar surface area (TPSA) is 4.36 Å². The molecular weight excluding hydrogens is 270 g/mol. The summed E-state index contributed by atoms with van der Waals surface area (Å²) in [5.74, 6) is -0.444. The molecule has 2 aromatic carbocycles. The normalized spacial score (nSPS) is 11.2. The van der Waals surface area contributed by atoms with Crippen LogP contribution in [0, 0.1) is 19.3 Å². The zero-order valence-electron chi connectivity index (χ0n) is 10.4. The highest BCUT2D eigenvalue weighted by molar-refractivity contribution is 5.71. The second-order valence-corrected chi connectivity index (χ2v) is 4.30. The van der Waals surface area contributed by atoms with Crippen LogP contribution < -0.4 is 0 Å². The minimum Gasteiger partial charge on any atom is -0.238 e. The van der Waals surface area contributed by atoms with Crippen molar-refractivity contribution < 1.29 is 17.6 Å². The average molecular weight is 279 g/mol. The van der Waals surface area contributed by atoms with E-state index in [1.54, 1.807) is 6.92 Å². The maximum atomic E-state index is 13.0. The first-order valence-corrected chi connectivity index (χ1v) is 5.68. The van der Waals surface area contributed by atoms with E-state index in [0.717, 1.165) is 12.1 Å². The van der Waals surface area contributed by atoms with Gasteiger partial charge in [0.25, 0.3) is 0 Å². The average Bonchev–Trinajstić information content (AvgIpc) is 2.37. The molecule has 102 valence electrons. The smallest absolute Gasteiger partial charge is 0.238 e. The fourth-order valence-corrected chi connectivity index (χ4v) is 1.98. The van der Waals surface area contributed by atoms with Crippen LogP contribution in [0.5, 0.6) is 0 Å². The van der Waals surface area contributed by atoms with Gasteiger partial charge >= 0.3 is 6.18 Å². The summed E-state index contributed by atoms with van der Waals surface area (Å²) < 4.78 is 51.7. The third-order valence-corrected chi connectivity index (χ3v) is 2.92. The van der Waals surface area contributed by atoms with Crippen LogP contribution in [0.25, 0.3) is 16.0 Å². The number of aryl methyl sites for hydroxylation is 1. The van der Waals surface area contributed by atoms with E-state index in [1.807, 2.05) is 0 Å². The monoisotopic (exact) mass is 279 g/mol. The van der Waals surface area contributed by atoms with Crippen molar-refractivity contribution in [3.63, 3.8) is 0 Å². The Morgan fingerprint density at radius 1 is 1.05 bits per heavy atom. The largest absolute Gasteiger partial charge is 0.407 e. The van der Waals surface area contributed by atoms with Crippen LogP contribution >= 0.6 is 0 Å². The number of nitrogens with zero attached hydrogens (tertiary/aromatic N) is 1. The first kappa shape index (κ1) is 14.1. The van der Waals surface area contributed by atoms with E-state index in [9.17, 15) is 17.6 Å². The van der Waals surface area contributed by atoms with Gasteiger partial charge in [0.05, 0.1) is 12.1 Å². The van der Waals surface area contributed by atoms with Crippen LogP contribution in [0.4, 0.5) is 23.2 Å². The molecule has 0 bridgehead atoms. The standard InChI is InChI=1S/C15H9F4N/c1-9-7-11(16)4-5-12(9)10-3-6-14(20-2)13(8-10)15(17,18)19/h3-8H,1H3. The maximum Gasteiger partial charge on any atom is 0.407 e. The molecule has 0 fully saturated rings. The Labute approximate surface area is 113 Å². The van der Waals surface area contributed by atoms with Gasteiger partial charge in [-0.05, 0) is 35.7 Å². The molecule has 2 rings (SSSR count). The van der Waals surface area contributed by atoms with Gasteiger partial charge in [0.2, 0.25) is 0 Å². The molecule has 0 aliphatic rings. The van der Waals surface area contributed by atoms with Crippen molar-refractivity contribution >= 4 is 5.69 Å². The van der Waals surface area contributed by atoms with E-state index < -0.39 is 23.2 Å². The highest BCUT2D eigenvalue weighted by Gasteiger charge is 2.33. The highest BCUT2D eigenvalue weighted by Crippen LogP contribution is 2.39. The van der Waals surface area contributed by atoms with E-state index in [-0.39, 0.29) is 0 Å². The van der Waals surface area contributed by atoms with Crippen molar-refractivity contribution in [1.29, 1.82) is 0 Å². The Bertz CT molecular complexity index is 696. The molecule has 2 aromatic rings. The third-order valence-electron chi connectivity index (χ3n) is 2.92.